The second kappa shape index (κ2) is 11.3. The first-order valence-electron chi connectivity index (χ1n) is 11.7. The summed E-state index contributed by atoms with van der Waals surface area (Å²) in [5.41, 5.74) is 2.43. The van der Waals surface area contributed by atoms with Gasteiger partial charge >= 0.3 is 6.18 Å². The van der Waals surface area contributed by atoms with Gasteiger partial charge in [0.2, 0.25) is 0 Å². The van der Waals surface area contributed by atoms with E-state index in [1.807, 2.05) is 35.0 Å². The van der Waals surface area contributed by atoms with Crippen LogP contribution in [0.15, 0.2) is 79.0 Å². The normalized spacial score (nSPS) is 11.9. The number of rotatable bonds is 9. The fraction of sp³-hybridized carbons (Fsp3) is 0.167. The van der Waals surface area contributed by atoms with E-state index >= 15 is 0 Å². The Morgan fingerprint density at radius 3 is 2.05 bits per heavy atom. The molecule has 0 spiro atoms. The summed E-state index contributed by atoms with van der Waals surface area (Å²) in [7, 11) is 4.59. The van der Waals surface area contributed by atoms with Crippen molar-refractivity contribution in [3.05, 3.63) is 101 Å². The lowest BCUT2D eigenvalue weighted by molar-refractivity contribution is -0.137. The van der Waals surface area contributed by atoms with Crippen LogP contribution in [-0.4, -0.2) is 31.7 Å². The molecular formula is C30H26F3NO4. The van der Waals surface area contributed by atoms with Crippen molar-refractivity contribution in [3.63, 3.8) is 0 Å². The standard InChI is InChI=1S/C30H26F3NO4/c1-36-27-17-29(38-3)28(37-2)16-21(27)10-14-24(35)15-11-22-19-34(26-7-5-4-6-25(22)26)18-20-8-12-23(13-9-20)30(31,32)33/h4-17,19H,18H2,1-3H3/b14-10+,15-11+. The number of methoxy groups -OCH3 is 3. The average Bonchev–Trinajstić information content (AvgIpc) is 3.27. The molecule has 0 aliphatic carbocycles. The Balaban J connectivity index is 1.55. The molecule has 196 valence electrons. The monoisotopic (exact) mass is 521 g/mol. The van der Waals surface area contributed by atoms with Crippen LogP contribution in [0.4, 0.5) is 13.2 Å². The fourth-order valence-electron chi connectivity index (χ4n) is 4.12. The first kappa shape index (κ1) is 26.6. The van der Waals surface area contributed by atoms with Crippen LogP contribution in [0.5, 0.6) is 17.2 Å². The summed E-state index contributed by atoms with van der Waals surface area (Å²) in [6.45, 7) is 0.388. The van der Waals surface area contributed by atoms with Crippen molar-refractivity contribution in [1.29, 1.82) is 0 Å². The number of aromatic nitrogens is 1. The summed E-state index contributed by atoms with van der Waals surface area (Å²) >= 11 is 0. The molecule has 0 fully saturated rings. The summed E-state index contributed by atoms with van der Waals surface area (Å²) < 4.78 is 56.7. The van der Waals surface area contributed by atoms with Gasteiger partial charge in [0.15, 0.2) is 17.3 Å². The van der Waals surface area contributed by atoms with Crippen LogP contribution in [0.3, 0.4) is 0 Å². The summed E-state index contributed by atoms with van der Waals surface area (Å²) in [6, 6.07) is 16.2. The first-order chi connectivity index (χ1) is 18.2. The lowest BCUT2D eigenvalue weighted by atomic mass is 10.1. The second-order valence-electron chi connectivity index (χ2n) is 8.44. The molecule has 1 aromatic heterocycles. The molecule has 0 bridgehead atoms. The van der Waals surface area contributed by atoms with E-state index in [1.165, 1.54) is 45.6 Å². The molecule has 0 unspecified atom stereocenters. The zero-order chi connectivity index (χ0) is 27.3. The van der Waals surface area contributed by atoms with Gasteiger partial charge in [-0.1, -0.05) is 30.3 Å². The van der Waals surface area contributed by atoms with Gasteiger partial charge in [-0.3, -0.25) is 4.79 Å². The molecule has 8 heteroatoms. The third kappa shape index (κ3) is 5.91. The van der Waals surface area contributed by atoms with Crippen molar-refractivity contribution < 1.29 is 32.2 Å². The SMILES string of the molecule is COc1cc(OC)c(OC)cc1/C=C/C(=O)/C=C/c1cn(Cc2ccc(C(F)(F)F)cc2)c2ccccc12. The molecule has 3 aromatic carbocycles. The van der Waals surface area contributed by atoms with Gasteiger partial charge in [-0.05, 0) is 54.1 Å². The highest BCUT2D eigenvalue weighted by molar-refractivity contribution is 6.06. The van der Waals surface area contributed by atoms with Gasteiger partial charge in [0.1, 0.15) is 5.75 Å². The van der Waals surface area contributed by atoms with Crippen molar-refractivity contribution >= 4 is 28.8 Å². The van der Waals surface area contributed by atoms with Crippen molar-refractivity contribution in [2.75, 3.05) is 21.3 Å². The molecule has 0 N–H and O–H groups in total. The van der Waals surface area contributed by atoms with E-state index in [4.69, 9.17) is 14.2 Å². The highest BCUT2D eigenvalue weighted by Crippen LogP contribution is 2.35. The number of para-hydroxylation sites is 1. The van der Waals surface area contributed by atoms with Crippen LogP contribution in [0.1, 0.15) is 22.3 Å². The topological polar surface area (TPSA) is 49.7 Å². The zero-order valence-electron chi connectivity index (χ0n) is 21.1. The highest BCUT2D eigenvalue weighted by Gasteiger charge is 2.29. The molecule has 0 radical (unpaired) electrons. The van der Waals surface area contributed by atoms with Crippen molar-refractivity contribution in [2.45, 2.75) is 12.7 Å². The zero-order valence-corrected chi connectivity index (χ0v) is 21.1. The number of nitrogens with zero attached hydrogens (tertiary/aromatic N) is 1. The number of benzene rings is 3. The number of fused-ring (bicyclic) bond motifs is 1. The van der Waals surface area contributed by atoms with Crippen LogP contribution in [-0.2, 0) is 17.5 Å². The number of ether oxygens (including phenoxy) is 3. The Morgan fingerprint density at radius 1 is 0.816 bits per heavy atom. The summed E-state index contributed by atoms with van der Waals surface area (Å²) in [6.07, 6.45) is 3.77. The van der Waals surface area contributed by atoms with Crippen LogP contribution in [0.2, 0.25) is 0 Å². The predicted octanol–water partition coefficient (Wildman–Crippen LogP) is 7.03. The molecule has 0 saturated heterocycles. The number of hydrogen-bond acceptors (Lipinski definition) is 4. The van der Waals surface area contributed by atoms with Gasteiger partial charge in [0.05, 0.1) is 26.9 Å². The molecule has 0 amide bonds. The van der Waals surface area contributed by atoms with Gasteiger partial charge in [0, 0.05) is 40.8 Å². The third-order valence-corrected chi connectivity index (χ3v) is 6.04. The Labute approximate surface area is 218 Å². The van der Waals surface area contributed by atoms with Crippen LogP contribution in [0, 0.1) is 0 Å². The summed E-state index contributed by atoms with van der Waals surface area (Å²) in [4.78, 5) is 12.6. The summed E-state index contributed by atoms with van der Waals surface area (Å²) in [5.74, 6) is 1.32. The number of hydrogen-bond donors (Lipinski definition) is 0. The van der Waals surface area contributed by atoms with Crippen LogP contribution >= 0.6 is 0 Å². The third-order valence-electron chi connectivity index (χ3n) is 6.04. The maximum Gasteiger partial charge on any atom is 0.416 e. The Morgan fingerprint density at radius 2 is 1.42 bits per heavy atom. The van der Waals surface area contributed by atoms with Gasteiger partial charge in [-0.15, -0.1) is 0 Å². The minimum atomic E-state index is -4.37. The van der Waals surface area contributed by atoms with Gasteiger partial charge in [-0.25, -0.2) is 0 Å². The first-order valence-corrected chi connectivity index (χ1v) is 11.7. The molecule has 0 atom stereocenters. The Hall–Kier alpha value is -4.46. The quantitative estimate of drug-likeness (QED) is 0.222. The molecule has 0 saturated carbocycles. The van der Waals surface area contributed by atoms with E-state index in [0.717, 1.165) is 34.2 Å². The molecular weight excluding hydrogens is 495 g/mol. The van der Waals surface area contributed by atoms with Crippen molar-refractivity contribution in [3.8, 4) is 17.2 Å². The van der Waals surface area contributed by atoms with E-state index < -0.39 is 11.7 Å². The van der Waals surface area contributed by atoms with E-state index in [0.29, 0.717) is 29.4 Å². The number of halogens is 3. The Kier molecular flexibility index (Phi) is 7.90. The van der Waals surface area contributed by atoms with E-state index in [1.54, 1.807) is 24.3 Å². The van der Waals surface area contributed by atoms with E-state index in [2.05, 4.69) is 0 Å². The van der Waals surface area contributed by atoms with Gasteiger partial charge in [0.25, 0.3) is 0 Å². The minimum absolute atomic E-state index is 0.235. The molecule has 4 aromatic rings. The van der Waals surface area contributed by atoms with E-state index in [-0.39, 0.29) is 5.78 Å². The lowest BCUT2D eigenvalue weighted by Gasteiger charge is -2.11. The Bertz CT molecular complexity index is 1500. The van der Waals surface area contributed by atoms with Crippen molar-refractivity contribution in [2.24, 2.45) is 0 Å². The fourth-order valence-corrected chi connectivity index (χ4v) is 4.12. The molecule has 1 heterocycles. The predicted molar refractivity (Wildman–Crippen MR) is 142 cm³/mol. The molecule has 0 aliphatic rings. The lowest BCUT2D eigenvalue weighted by Crippen LogP contribution is -2.05. The molecule has 38 heavy (non-hydrogen) atoms. The second-order valence-corrected chi connectivity index (χ2v) is 8.44. The molecule has 4 rings (SSSR count). The number of carbonyl (C=O) groups excluding carboxylic acids is 1. The number of alkyl halides is 3. The highest BCUT2D eigenvalue weighted by atomic mass is 19.4. The maximum absolute atomic E-state index is 12.9. The van der Waals surface area contributed by atoms with Gasteiger partial charge in [-0.2, -0.15) is 13.2 Å². The van der Waals surface area contributed by atoms with Gasteiger partial charge < -0.3 is 18.8 Å². The van der Waals surface area contributed by atoms with E-state index in [9.17, 15) is 18.0 Å². The van der Waals surface area contributed by atoms with Crippen LogP contribution in [0.25, 0.3) is 23.1 Å². The largest absolute Gasteiger partial charge is 0.496 e. The minimum Gasteiger partial charge on any atom is -0.496 e. The van der Waals surface area contributed by atoms with Crippen LogP contribution < -0.4 is 14.2 Å². The maximum atomic E-state index is 12.9. The smallest absolute Gasteiger partial charge is 0.416 e. The molecule has 0 aliphatic heterocycles. The average molecular weight is 522 g/mol. The summed E-state index contributed by atoms with van der Waals surface area (Å²) in [5, 5.41) is 0.925. The molecule has 5 nitrogen and oxygen atoms in total. The number of carbonyl (C=O) groups is 1. The number of allylic oxidation sites excluding steroid dienone is 2. The van der Waals surface area contributed by atoms with Crippen molar-refractivity contribution in [1.82, 2.24) is 4.57 Å². The number of ketones is 1.